The van der Waals surface area contributed by atoms with Crippen LogP contribution in [0.25, 0.3) is 0 Å². The van der Waals surface area contributed by atoms with Crippen molar-refractivity contribution in [2.75, 3.05) is 0 Å². The molecule has 29 heavy (non-hydrogen) atoms. The highest BCUT2D eigenvalue weighted by molar-refractivity contribution is 6.04. The molecule has 3 rings (SSSR count). The van der Waals surface area contributed by atoms with Crippen LogP contribution in [-0.4, -0.2) is 11.9 Å². The predicted octanol–water partition coefficient (Wildman–Crippen LogP) is 5.53. The summed E-state index contributed by atoms with van der Waals surface area (Å²) in [5, 5.41) is 0. The van der Waals surface area contributed by atoms with Crippen LogP contribution in [0.3, 0.4) is 0 Å². The Bertz CT molecular complexity index is 1020. The van der Waals surface area contributed by atoms with Gasteiger partial charge < -0.3 is 9.47 Å². The molecule has 0 aliphatic heterocycles. The molecule has 0 aliphatic carbocycles. The first kappa shape index (κ1) is 20.2. The molecule has 6 heteroatoms. The number of hydrogen-bond donors (Lipinski definition) is 0. The summed E-state index contributed by atoms with van der Waals surface area (Å²) in [5.41, 5.74) is 0.986. The van der Waals surface area contributed by atoms with E-state index in [1.807, 2.05) is 26.0 Å². The van der Waals surface area contributed by atoms with Crippen molar-refractivity contribution in [1.29, 1.82) is 0 Å². The molecule has 0 atom stereocenters. The van der Waals surface area contributed by atoms with E-state index in [9.17, 15) is 18.4 Å². The van der Waals surface area contributed by atoms with Crippen LogP contribution in [0.4, 0.5) is 8.78 Å². The van der Waals surface area contributed by atoms with E-state index in [1.165, 1.54) is 18.2 Å². The molecule has 0 amide bonds. The van der Waals surface area contributed by atoms with Gasteiger partial charge in [-0.15, -0.1) is 0 Å². The van der Waals surface area contributed by atoms with E-state index in [2.05, 4.69) is 0 Å². The van der Waals surface area contributed by atoms with Gasteiger partial charge in [0.1, 0.15) is 23.1 Å². The van der Waals surface area contributed by atoms with Crippen LogP contribution in [0.2, 0.25) is 0 Å². The number of benzene rings is 3. The summed E-state index contributed by atoms with van der Waals surface area (Å²) in [6, 6.07) is 15.3. The van der Waals surface area contributed by atoms with Crippen LogP contribution >= 0.6 is 0 Å². The summed E-state index contributed by atoms with van der Waals surface area (Å²) in [6.45, 7) is 4.10. The predicted molar refractivity (Wildman–Crippen MR) is 103 cm³/mol. The quantitative estimate of drug-likeness (QED) is 0.421. The van der Waals surface area contributed by atoms with Crippen molar-refractivity contribution in [3.8, 4) is 11.5 Å². The van der Waals surface area contributed by atoms with E-state index >= 15 is 0 Å². The van der Waals surface area contributed by atoms with Gasteiger partial charge >= 0.3 is 11.9 Å². The van der Waals surface area contributed by atoms with Crippen LogP contribution in [0.15, 0.2) is 66.7 Å². The van der Waals surface area contributed by atoms with E-state index in [0.29, 0.717) is 17.7 Å². The topological polar surface area (TPSA) is 52.6 Å². The molecule has 0 fully saturated rings. The number of esters is 2. The zero-order chi connectivity index (χ0) is 21.0. The Balaban J connectivity index is 1.80. The lowest BCUT2D eigenvalue weighted by atomic mass is 10.0. The molecule has 0 spiro atoms. The second-order valence-corrected chi connectivity index (χ2v) is 6.65. The zero-order valence-electron chi connectivity index (χ0n) is 15.8. The molecule has 148 valence electrons. The van der Waals surface area contributed by atoms with Crippen molar-refractivity contribution >= 4 is 11.9 Å². The average molecular weight is 396 g/mol. The lowest BCUT2D eigenvalue weighted by Gasteiger charge is -2.10. The molecule has 0 saturated carbocycles. The molecular formula is C23H18F2O4. The summed E-state index contributed by atoms with van der Waals surface area (Å²) in [7, 11) is 0. The second kappa shape index (κ2) is 8.65. The molecular weight excluding hydrogens is 378 g/mol. The Labute approximate surface area is 166 Å². The fourth-order valence-corrected chi connectivity index (χ4v) is 2.67. The minimum atomic E-state index is -0.933. The first-order valence-electron chi connectivity index (χ1n) is 8.93. The van der Waals surface area contributed by atoms with Crippen molar-refractivity contribution in [3.05, 3.63) is 95.1 Å². The molecule has 0 unspecified atom stereocenters. The minimum Gasteiger partial charge on any atom is -0.423 e. The van der Waals surface area contributed by atoms with Gasteiger partial charge in [-0.1, -0.05) is 38.1 Å². The lowest BCUT2D eigenvalue weighted by Crippen LogP contribution is -2.17. The van der Waals surface area contributed by atoms with E-state index in [4.69, 9.17) is 9.47 Å². The first-order valence-corrected chi connectivity index (χ1v) is 8.93. The molecule has 3 aromatic carbocycles. The molecule has 0 saturated heterocycles. The van der Waals surface area contributed by atoms with E-state index in [0.717, 1.165) is 17.7 Å². The van der Waals surface area contributed by atoms with Crippen molar-refractivity contribution in [2.45, 2.75) is 19.8 Å². The lowest BCUT2D eigenvalue weighted by molar-refractivity contribution is 0.0691. The third-order valence-electron chi connectivity index (χ3n) is 4.17. The highest BCUT2D eigenvalue weighted by Crippen LogP contribution is 2.22. The van der Waals surface area contributed by atoms with Gasteiger partial charge in [0.2, 0.25) is 0 Å². The molecule has 4 nitrogen and oxygen atoms in total. The van der Waals surface area contributed by atoms with E-state index < -0.39 is 23.6 Å². The number of carbonyl (C=O) groups excluding carboxylic acids is 2. The SMILES string of the molecule is CC(C)c1ccc(OC(=O)c2ccccc2C(=O)Oc2cc(F)cc(F)c2)cc1. The van der Waals surface area contributed by atoms with Gasteiger partial charge in [-0.05, 0) is 35.7 Å². The van der Waals surface area contributed by atoms with Crippen molar-refractivity contribution in [3.63, 3.8) is 0 Å². The molecule has 0 heterocycles. The molecule has 3 aromatic rings. The Morgan fingerprint density at radius 2 is 1.21 bits per heavy atom. The summed E-state index contributed by atoms with van der Waals surface area (Å²) in [6.07, 6.45) is 0. The maximum Gasteiger partial charge on any atom is 0.344 e. The Kier molecular flexibility index (Phi) is 6.02. The largest absolute Gasteiger partial charge is 0.423 e. The molecule has 0 aromatic heterocycles. The van der Waals surface area contributed by atoms with Crippen molar-refractivity contribution in [1.82, 2.24) is 0 Å². The molecule has 0 aliphatic rings. The van der Waals surface area contributed by atoms with Gasteiger partial charge in [-0.2, -0.15) is 0 Å². The Hall–Kier alpha value is -3.54. The van der Waals surface area contributed by atoms with Gasteiger partial charge in [-0.25, -0.2) is 18.4 Å². The Morgan fingerprint density at radius 1 is 0.724 bits per heavy atom. The summed E-state index contributed by atoms with van der Waals surface area (Å²) >= 11 is 0. The van der Waals surface area contributed by atoms with Crippen LogP contribution < -0.4 is 9.47 Å². The third-order valence-corrected chi connectivity index (χ3v) is 4.17. The normalized spacial score (nSPS) is 10.7. The maximum absolute atomic E-state index is 13.3. The Morgan fingerprint density at radius 3 is 1.69 bits per heavy atom. The number of ether oxygens (including phenoxy) is 2. The average Bonchev–Trinajstić information content (AvgIpc) is 2.67. The van der Waals surface area contributed by atoms with Crippen molar-refractivity contribution < 1.29 is 27.8 Å². The molecule has 0 radical (unpaired) electrons. The second-order valence-electron chi connectivity index (χ2n) is 6.65. The highest BCUT2D eigenvalue weighted by Gasteiger charge is 2.20. The fraction of sp³-hybridized carbons (Fsp3) is 0.130. The number of halogens is 2. The van der Waals surface area contributed by atoms with Gasteiger partial charge in [0.05, 0.1) is 11.1 Å². The monoisotopic (exact) mass is 396 g/mol. The summed E-state index contributed by atoms with van der Waals surface area (Å²) in [4.78, 5) is 25.0. The fourth-order valence-electron chi connectivity index (χ4n) is 2.67. The molecule has 0 bridgehead atoms. The number of carbonyl (C=O) groups is 2. The van der Waals surface area contributed by atoms with E-state index in [1.54, 1.807) is 18.2 Å². The smallest absolute Gasteiger partial charge is 0.344 e. The number of rotatable bonds is 5. The molecule has 0 N–H and O–H groups in total. The first-order chi connectivity index (χ1) is 13.8. The minimum absolute atomic E-state index is 0.0256. The summed E-state index contributed by atoms with van der Waals surface area (Å²) < 4.78 is 37.0. The van der Waals surface area contributed by atoms with Gasteiger partial charge in [-0.3, -0.25) is 0 Å². The highest BCUT2D eigenvalue weighted by atomic mass is 19.1. The maximum atomic E-state index is 13.3. The number of hydrogen-bond acceptors (Lipinski definition) is 4. The van der Waals surface area contributed by atoms with Crippen LogP contribution in [0, 0.1) is 11.6 Å². The van der Waals surface area contributed by atoms with Crippen LogP contribution in [-0.2, 0) is 0 Å². The van der Waals surface area contributed by atoms with Crippen LogP contribution in [0.5, 0.6) is 11.5 Å². The third kappa shape index (κ3) is 5.04. The van der Waals surface area contributed by atoms with Gasteiger partial charge in [0, 0.05) is 18.2 Å². The van der Waals surface area contributed by atoms with Gasteiger partial charge in [0.15, 0.2) is 0 Å². The van der Waals surface area contributed by atoms with Crippen molar-refractivity contribution in [2.24, 2.45) is 0 Å². The summed E-state index contributed by atoms with van der Waals surface area (Å²) in [5.74, 6) is -3.09. The van der Waals surface area contributed by atoms with E-state index in [-0.39, 0.29) is 16.9 Å². The zero-order valence-corrected chi connectivity index (χ0v) is 15.8. The van der Waals surface area contributed by atoms with Gasteiger partial charge in [0.25, 0.3) is 0 Å². The van der Waals surface area contributed by atoms with Crippen LogP contribution in [0.1, 0.15) is 46.0 Å². The standard InChI is InChI=1S/C23H18F2O4/c1-14(2)15-7-9-18(10-8-15)28-22(26)20-5-3-4-6-21(20)23(27)29-19-12-16(24)11-17(25)13-19/h3-14H,1-2H3.